The zero-order valence-corrected chi connectivity index (χ0v) is 18.8. The molecule has 174 valence electrons. The van der Waals surface area contributed by atoms with E-state index in [9.17, 15) is 23.4 Å². The molecule has 4 aliphatic rings. The summed E-state index contributed by atoms with van der Waals surface area (Å²) in [7, 11) is 0. The van der Waals surface area contributed by atoms with Gasteiger partial charge < -0.3 is 10.2 Å². The van der Waals surface area contributed by atoms with E-state index in [0.717, 1.165) is 62.7 Å². The quantitative estimate of drug-likeness (QED) is 0.491. The van der Waals surface area contributed by atoms with Crippen LogP contribution in [0.15, 0.2) is 41.5 Å². The van der Waals surface area contributed by atoms with Crippen LogP contribution in [-0.2, 0) is 6.18 Å². The molecule has 2 nitrogen and oxygen atoms in total. The van der Waals surface area contributed by atoms with Gasteiger partial charge in [0, 0.05) is 5.41 Å². The first-order valence-corrected chi connectivity index (χ1v) is 12.0. The second-order valence-corrected chi connectivity index (χ2v) is 11.1. The average Bonchev–Trinajstić information content (AvgIpc) is 2.99. The second kappa shape index (κ2) is 7.46. The standard InChI is InChI=1S/C27H33F3O2/c1-25-11-9-20(31)15-19(25)7-8-21-22(25)10-12-26(2)23(21)14-17(24(26)32)13-16-3-5-18(6-4-16)27(28,29)30/h3-7,13,20-24,31-32H,8-12,14-15H2,1-2H3/b17-13+/t20-,21+,22-,23+,24-,25+,26+/m1/s1. The summed E-state index contributed by atoms with van der Waals surface area (Å²) in [4.78, 5) is 0. The van der Waals surface area contributed by atoms with Gasteiger partial charge in [-0.05, 0) is 91.4 Å². The fraction of sp³-hybridized carbons (Fsp3) is 0.630. The van der Waals surface area contributed by atoms with Gasteiger partial charge in [-0.1, -0.05) is 43.7 Å². The summed E-state index contributed by atoms with van der Waals surface area (Å²) in [6, 6.07) is 5.23. The Kier molecular flexibility index (Phi) is 5.18. The first-order chi connectivity index (χ1) is 15.0. The van der Waals surface area contributed by atoms with Crippen LogP contribution in [0.3, 0.4) is 0 Å². The van der Waals surface area contributed by atoms with Crippen molar-refractivity contribution >= 4 is 6.08 Å². The molecule has 7 atom stereocenters. The van der Waals surface area contributed by atoms with Crippen LogP contribution in [0.4, 0.5) is 13.2 Å². The van der Waals surface area contributed by atoms with Gasteiger partial charge in [-0.25, -0.2) is 0 Å². The van der Waals surface area contributed by atoms with Crippen LogP contribution in [0.25, 0.3) is 6.08 Å². The molecule has 0 spiro atoms. The summed E-state index contributed by atoms with van der Waals surface area (Å²) in [6.45, 7) is 4.59. The Hall–Kier alpha value is -1.59. The highest BCUT2D eigenvalue weighted by Crippen LogP contribution is 2.65. The van der Waals surface area contributed by atoms with Crippen molar-refractivity contribution in [2.45, 2.75) is 77.2 Å². The minimum absolute atomic E-state index is 0.147. The lowest BCUT2D eigenvalue weighted by Gasteiger charge is -2.57. The molecule has 3 saturated carbocycles. The predicted octanol–water partition coefficient (Wildman–Crippen LogP) is 6.38. The number of allylic oxidation sites excluding steroid dienone is 1. The maximum atomic E-state index is 12.9. The van der Waals surface area contributed by atoms with Crippen molar-refractivity contribution in [3.8, 4) is 0 Å². The van der Waals surface area contributed by atoms with Crippen molar-refractivity contribution in [3.63, 3.8) is 0 Å². The van der Waals surface area contributed by atoms with Gasteiger partial charge in [0.05, 0.1) is 17.8 Å². The Balaban J connectivity index is 1.42. The van der Waals surface area contributed by atoms with E-state index < -0.39 is 17.8 Å². The molecule has 1 aromatic rings. The highest BCUT2D eigenvalue weighted by molar-refractivity contribution is 5.56. The molecule has 5 rings (SSSR count). The van der Waals surface area contributed by atoms with Gasteiger partial charge in [0.25, 0.3) is 0 Å². The van der Waals surface area contributed by atoms with E-state index in [1.165, 1.54) is 17.7 Å². The van der Waals surface area contributed by atoms with Gasteiger partial charge >= 0.3 is 6.18 Å². The normalized spacial score (nSPS) is 42.8. The summed E-state index contributed by atoms with van der Waals surface area (Å²) in [5, 5.41) is 21.5. The van der Waals surface area contributed by atoms with Crippen molar-refractivity contribution in [1.82, 2.24) is 0 Å². The molecule has 0 aromatic heterocycles. The molecule has 0 amide bonds. The van der Waals surface area contributed by atoms with Crippen molar-refractivity contribution in [1.29, 1.82) is 0 Å². The lowest BCUT2D eigenvalue weighted by Crippen LogP contribution is -2.51. The molecule has 3 fully saturated rings. The Morgan fingerprint density at radius 3 is 2.38 bits per heavy atom. The SMILES string of the molecule is C[C@]12CC[C@@H]3[C@H](CC=C4C[C@H](O)CC[C@@]43C)[C@@H]1C/C(=C\c1ccc(C(F)(F)F)cc1)[C@H]2O. The van der Waals surface area contributed by atoms with E-state index in [1.807, 2.05) is 6.08 Å². The van der Waals surface area contributed by atoms with Crippen LogP contribution < -0.4 is 0 Å². The smallest absolute Gasteiger partial charge is 0.393 e. The van der Waals surface area contributed by atoms with E-state index in [2.05, 4.69) is 19.9 Å². The molecule has 0 saturated heterocycles. The zero-order chi connectivity index (χ0) is 22.9. The van der Waals surface area contributed by atoms with Crippen LogP contribution >= 0.6 is 0 Å². The topological polar surface area (TPSA) is 40.5 Å². The zero-order valence-electron chi connectivity index (χ0n) is 18.8. The van der Waals surface area contributed by atoms with Crippen molar-refractivity contribution in [3.05, 3.63) is 52.6 Å². The fourth-order valence-corrected chi connectivity index (χ4v) is 7.62. The second-order valence-electron chi connectivity index (χ2n) is 11.1. The number of aliphatic hydroxyl groups is 2. The van der Waals surface area contributed by atoms with Crippen LogP contribution in [0, 0.1) is 28.6 Å². The van der Waals surface area contributed by atoms with Crippen molar-refractivity contribution in [2.75, 3.05) is 0 Å². The van der Waals surface area contributed by atoms with Crippen LogP contribution in [0.1, 0.15) is 69.9 Å². The van der Waals surface area contributed by atoms with E-state index in [4.69, 9.17) is 0 Å². The van der Waals surface area contributed by atoms with Gasteiger partial charge in [-0.2, -0.15) is 13.2 Å². The van der Waals surface area contributed by atoms with Crippen LogP contribution in [-0.4, -0.2) is 22.4 Å². The van der Waals surface area contributed by atoms with Crippen LogP contribution in [0.2, 0.25) is 0 Å². The molecule has 0 bridgehead atoms. The lowest BCUT2D eigenvalue weighted by molar-refractivity contribution is -0.137. The minimum atomic E-state index is -4.34. The van der Waals surface area contributed by atoms with E-state index in [-0.39, 0.29) is 16.9 Å². The number of hydrogen-bond acceptors (Lipinski definition) is 2. The lowest BCUT2D eigenvalue weighted by atomic mass is 9.48. The molecule has 0 unspecified atom stereocenters. The van der Waals surface area contributed by atoms with E-state index in [0.29, 0.717) is 23.3 Å². The number of rotatable bonds is 1. The van der Waals surface area contributed by atoms with Gasteiger partial charge in [-0.15, -0.1) is 0 Å². The first-order valence-electron chi connectivity index (χ1n) is 12.0. The maximum Gasteiger partial charge on any atom is 0.416 e. The van der Waals surface area contributed by atoms with Gasteiger partial charge in [-0.3, -0.25) is 0 Å². The molecule has 2 N–H and O–H groups in total. The summed E-state index contributed by atoms with van der Waals surface area (Å²) in [5.74, 6) is 1.45. The highest BCUT2D eigenvalue weighted by Gasteiger charge is 2.59. The van der Waals surface area contributed by atoms with Crippen LogP contribution in [0.5, 0.6) is 0 Å². The maximum absolute atomic E-state index is 12.9. The Bertz CT molecular complexity index is 947. The van der Waals surface area contributed by atoms with Gasteiger partial charge in [0.1, 0.15) is 0 Å². The van der Waals surface area contributed by atoms with Gasteiger partial charge in [0.2, 0.25) is 0 Å². The Labute approximate surface area is 188 Å². The fourth-order valence-electron chi connectivity index (χ4n) is 7.62. The predicted molar refractivity (Wildman–Crippen MR) is 119 cm³/mol. The highest BCUT2D eigenvalue weighted by atomic mass is 19.4. The minimum Gasteiger partial charge on any atom is -0.393 e. The summed E-state index contributed by atoms with van der Waals surface area (Å²) in [6.07, 6.45) is 5.73. The number of fused-ring (bicyclic) bond motifs is 5. The van der Waals surface area contributed by atoms with Crippen molar-refractivity contribution < 1.29 is 23.4 Å². The number of alkyl halides is 3. The van der Waals surface area contributed by atoms with E-state index in [1.54, 1.807) is 0 Å². The van der Waals surface area contributed by atoms with Gasteiger partial charge in [0.15, 0.2) is 0 Å². The molecule has 0 heterocycles. The third-order valence-corrected chi connectivity index (χ3v) is 9.54. The molecule has 5 heteroatoms. The first kappa shape index (κ1) is 22.2. The number of halogens is 3. The molecule has 32 heavy (non-hydrogen) atoms. The summed E-state index contributed by atoms with van der Waals surface area (Å²) < 4.78 is 38.7. The molecular formula is C27H33F3O2. The molecule has 0 aliphatic heterocycles. The van der Waals surface area contributed by atoms with E-state index >= 15 is 0 Å². The Morgan fingerprint density at radius 2 is 1.69 bits per heavy atom. The summed E-state index contributed by atoms with van der Waals surface area (Å²) in [5.41, 5.74) is 2.41. The largest absolute Gasteiger partial charge is 0.416 e. The average molecular weight is 447 g/mol. The number of benzene rings is 1. The Morgan fingerprint density at radius 1 is 0.969 bits per heavy atom. The monoisotopic (exact) mass is 446 g/mol. The molecule has 4 aliphatic carbocycles. The molecule has 0 radical (unpaired) electrons. The molecule has 1 aromatic carbocycles. The third-order valence-electron chi connectivity index (χ3n) is 9.54. The van der Waals surface area contributed by atoms with Crippen molar-refractivity contribution in [2.24, 2.45) is 28.6 Å². The third kappa shape index (κ3) is 3.38. The summed E-state index contributed by atoms with van der Waals surface area (Å²) >= 11 is 0. The molecular weight excluding hydrogens is 413 g/mol. The number of aliphatic hydroxyl groups excluding tert-OH is 2. The number of hydrogen-bond donors (Lipinski definition) is 2.